The molecule has 4 atom stereocenters. The second-order valence-electron chi connectivity index (χ2n) is 7.15. The van der Waals surface area contributed by atoms with Gasteiger partial charge in [0, 0.05) is 30.7 Å². The summed E-state index contributed by atoms with van der Waals surface area (Å²) >= 11 is 0. The van der Waals surface area contributed by atoms with E-state index in [9.17, 15) is 5.11 Å². The summed E-state index contributed by atoms with van der Waals surface area (Å²) in [5, 5.41) is 18.3. The van der Waals surface area contributed by atoms with Crippen LogP contribution in [0, 0.1) is 6.92 Å². The van der Waals surface area contributed by atoms with E-state index >= 15 is 0 Å². The van der Waals surface area contributed by atoms with Crippen molar-refractivity contribution in [3.05, 3.63) is 72.3 Å². The molecule has 134 valence electrons. The van der Waals surface area contributed by atoms with Gasteiger partial charge < -0.3 is 10.4 Å². The molecular weight excluding hydrogens is 324 g/mol. The average molecular weight is 348 g/mol. The SMILES string of the molecule is Cc1cnn([C@H]2[C@H](O)C[C@@H]2NC(C)c2cccc(-c3ccncc3)c2)c1. The van der Waals surface area contributed by atoms with Crippen LogP contribution < -0.4 is 5.32 Å². The van der Waals surface area contributed by atoms with E-state index in [0.29, 0.717) is 0 Å². The summed E-state index contributed by atoms with van der Waals surface area (Å²) in [7, 11) is 0. The quantitative estimate of drug-likeness (QED) is 0.743. The third-order valence-electron chi connectivity index (χ3n) is 5.20. The van der Waals surface area contributed by atoms with Gasteiger partial charge in [-0.15, -0.1) is 0 Å². The van der Waals surface area contributed by atoms with Crippen molar-refractivity contribution in [2.75, 3.05) is 0 Å². The Bertz CT molecular complexity index is 876. The van der Waals surface area contributed by atoms with Crippen molar-refractivity contribution in [1.82, 2.24) is 20.1 Å². The van der Waals surface area contributed by atoms with Crippen LogP contribution in [0.3, 0.4) is 0 Å². The van der Waals surface area contributed by atoms with Crippen LogP contribution in [-0.4, -0.2) is 32.0 Å². The summed E-state index contributed by atoms with van der Waals surface area (Å²) in [6.45, 7) is 4.19. The van der Waals surface area contributed by atoms with Crippen LogP contribution in [0.1, 0.15) is 36.6 Å². The first kappa shape index (κ1) is 16.9. The number of aryl methyl sites for hydroxylation is 1. The highest BCUT2D eigenvalue weighted by Gasteiger charge is 2.42. The zero-order chi connectivity index (χ0) is 18.1. The first-order valence-electron chi connectivity index (χ1n) is 9.07. The maximum Gasteiger partial charge on any atom is 0.0932 e. The van der Waals surface area contributed by atoms with Gasteiger partial charge >= 0.3 is 0 Å². The highest BCUT2D eigenvalue weighted by atomic mass is 16.3. The smallest absolute Gasteiger partial charge is 0.0932 e. The number of nitrogens with one attached hydrogen (secondary N) is 1. The molecule has 3 aromatic rings. The number of aromatic nitrogens is 3. The molecule has 2 heterocycles. The summed E-state index contributed by atoms with van der Waals surface area (Å²) in [6.07, 6.45) is 7.87. The Kier molecular flexibility index (Phi) is 4.57. The van der Waals surface area contributed by atoms with Crippen LogP contribution in [-0.2, 0) is 0 Å². The predicted molar refractivity (Wildman–Crippen MR) is 102 cm³/mol. The lowest BCUT2D eigenvalue weighted by atomic mass is 9.82. The lowest BCUT2D eigenvalue weighted by Crippen LogP contribution is -2.55. The number of benzene rings is 1. The molecule has 5 heteroatoms. The molecule has 0 bridgehead atoms. The minimum Gasteiger partial charge on any atom is -0.391 e. The predicted octanol–water partition coefficient (Wildman–Crippen LogP) is 3.28. The van der Waals surface area contributed by atoms with Crippen molar-refractivity contribution in [3.8, 4) is 11.1 Å². The van der Waals surface area contributed by atoms with Crippen LogP contribution >= 0.6 is 0 Å². The topological polar surface area (TPSA) is 63.0 Å². The average Bonchev–Trinajstić information content (AvgIpc) is 3.07. The Balaban J connectivity index is 1.49. The Morgan fingerprint density at radius 3 is 2.69 bits per heavy atom. The maximum absolute atomic E-state index is 10.2. The van der Waals surface area contributed by atoms with Gasteiger partial charge in [-0.05, 0) is 60.7 Å². The minimum absolute atomic E-state index is 0.00506. The zero-order valence-electron chi connectivity index (χ0n) is 15.1. The molecule has 0 aliphatic heterocycles. The van der Waals surface area contributed by atoms with Gasteiger partial charge in [-0.3, -0.25) is 9.67 Å². The summed E-state index contributed by atoms with van der Waals surface area (Å²) in [4.78, 5) is 4.09. The number of hydrogen-bond donors (Lipinski definition) is 2. The maximum atomic E-state index is 10.2. The molecule has 5 nitrogen and oxygen atoms in total. The molecule has 1 aromatic carbocycles. The molecule has 1 aliphatic rings. The molecular formula is C21H24N4O. The monoisotopic (exact) mass is 348 g/mol. The van der Waals surface area contributed by atoms with Crippen molar-refractivity contribution >= 4 is 0 Å². The van der Waals surface area contributed by atoms with Crippen molar-refractivity contribution in [1.29, 1.82) is 0 Å². The normalized spacial score (nSPS) is 23.4. The molecule has 1 fully saturated rings. The van der Waals surface area contributed by atoms with Gasteiger partial charge in [-0.1, -0.05) is 18.2 Å². The van der Waals surface area contributed by atoms with Crippen molar-refractivity contribution in [3.63, 3.8) is 0 Å². The highest BCUT2D eigenvalue weighted by Crippen LogP contribution is 2.34. The van der Waals surface area contributed by atoms with Crippen molar-refractivity contribution in [2.45, 2.75) is 44.5 Å². The summed E-state index contributed by atoms with van der Waals surface area (Å²) in [5.74, 6) is 0. The highest BCUT2D eigenvalue weighted by molar-refractivity contribution is 5.63. The number of aliphatic hydroxyl groups excluding tert-OH is 1. The second kappa shape index (κ2) is 7.02. The standard InChI is InChI=1S/C21H24N4O/c1-14-12-23-25(13-14)21-19(11-20(21)26)24-15(2)17-4-3-5-18(10-17)16-6-8-22-9-7-16/h3-10,12-13,15,19-21,24,26H,11H2,1-2H3/t15?,19-,20+,21+/m0/s1. The van der Waals surface area contributed by atoms with Gasteiger partial charge in [0.1, 0.15) is 0 Å². The fourth-order valence-corrected chi connectivity index (χ4v) is 3.68. The van der Waals surface area contributed by atoms with Crippen LogP contribution in [0.5, 0.6) is 0 Å². The fourth-order valence-electron chi connectivity index (χ4n) is 3.68. The van der Waals surface area contributed by atoms with E-state index in [1.165, 1.54) is 11.1 Å². The van der Waals surface area contributed by atoms with E-state index in [-0.39, 0.29) is 24.2 Å². The number of rotatable bonds is 5. The molecule has 2 aromatic heterocycles. The van der Waals surface area contributed by atoms with E-state index in [1.807, 2.05) is 48.5 Å². The third kappa shape index (κ3) is 3.28. The van der Waals surface area contributed by atoms with Crippen molar-refractivity contribution < 1.29 is 5.11 Å². The lowest BCUT2D eigenvalue weighted by molar-refractivity contribution is -0.0111. The Labute approximate surface area is 153 Å². The lowest BCUT2D eigenvalue weighted by Gasteiger charge is -2.43. The minimum atomic E-state index is -0.345. The molecule has 4 rings (SSSR count). The number of nitrogens with zero attached hydrogens (tertiary/aromatic N) is 3. The summed E-state index contributed by atoms with van der Waals surface area (Å²) < 4.78 is 1.89. The molecule has 0 spiro atoms. The molecule has 1 aliphatic carbocycles. The van der Waals surface area contributed by atoms with Gasteiger partial charge in [0.15, 0.2) is 0 Å². The molecule has 0 saturated heterocycles. The van der Waals surface area contributed by atoms with Crippen LogP contribution in [0.25, 0.3) is 11.1 Å². The first-order chi connectivity index (χ1) is 12.6. The largest absolute Gasteiger partial charge is 0.391 e. The van der Waals surface area contributed by atoms with E-state index < -0.39 is 0 Å². The molecule has 1 unspecified atom stereocenters. The molecule has 26 heavy (non-hydrogen) atoms. The van der Waals surface area contributed by atoms with Gasteiger partial charge in [0.25, 0.3) is 0 Å². The number of pyridine rings is 1. The first-order valence-corrected chi connectivity index (χ1v) is 9.07. The fraction of sp³-hybridized carbons (Fsp3) is 0.333. The summed E-state index contributed by atoms with van der Waals surface area (Å²) in [5.41, 5.74) is 4.70. The van der Waals surface area contributed by atoms with E-state index in [1.54, 1.807) is 0 Å². The zero-order valence-corrected chi connectivity index (χ0v) is 15.1. The van der Waals surface area contributed by atoms with Gasteiger partial charge in [0.2, 0.25) is 0 Å². The van der Waals surface area contributed by atoms with Crippen LogP contribution in [0.2, 0.25) is 0 Å². The summed E-state index contributed by atoms with van der Waals surface area (Å²) in [6, 6.07) is 13.0. The van der Waals surface area contributed by atoms with Gasteiger partial charge in [-0.25, -0.2) is 0 Å². The van der Waals surface area contributed by atoms with Crippen LogP contribution in [0.4, 0.5) is 0 Å². The second-order valence-corrected chi connectivity index (χ2v) is 7.15. The van der Waals surface area contributed by atoms with Crippen molar-refractivity contribution in [2.24, 2.45) is 0 Å². The van der Waals surface area contributed by atoms with E-state index in [0.717, 1.165) is 17.5 Å². The number of hydrogen-bond acceptors (Lipinski definition) is 4. The van der Waals surface area contributed by atoms with E-state index in [4.69, 9.17) is 0 Å². The molecule has 0 amide bonds. The van der Waals surface area contributed by atoms with E-state index in [2.05, 4.69) is 46.6 Å². The molecule has 0 radical (unpaired) electrons. The molecule has 1 saturated carbocycles. The van der Waals surface area contributed by atoms with Gasteiger partial charge in [-0.2, -0.15) is 5.10 Å². The Morgan fingerprint density at radius 1 is 1.19 bits per heavy atom. The van der Waals surface area contributed by atoms with Crippen LogP contribution in [0.15, 0.2) is 61.2 Å². The third-order valence-corrected chi connectivity index (χ3v) is 5.20. The molecule has 2 N–H and O–H groups in total. The van der Waals surface area contributed by atoms with Gasteiger partial charge in [0.05, 0.1) is 18.3 Å². The Hall–Kier alpha value is -2.50. The number of aliphatic hydroxyl groups is 1. The Morgan fingerprint density at radius 2 is 2.00 bits per heavy atom.